The highest BCUT2D eigenvalue weighted by atomic mass is 16.5. The van der Waals surface area contributed by atoms with Gasteiger partial charge in [-0.2, -0.15) is 0 Å². The van der Waals surface area contributed by atoms with Gasteiger partial charge in [0.05, 0.1) is 24.3 Å². The number of ether oxygens (including phenoxy) is 1. The van der Waals surface area contributed by atoms with Gasteiger partial charge in [-0.25, -0.2) is 0 Å². The van der Waals surface area contributed by atoms with Crippen molar-refractivity contribution in [1.82, 2.24) is 9.80 Å². The molecule has 0 radical (unpaired) electrons. The number of likely N-dealkylation sites (tertiary alicyclic amines) is 1. The van der Waals surface area contributed by atoms with Crippen LogP contribution >= 0.6 is 0 Å². The fraction of sp³-hybridized carbons (Fsp3) is 0.286. The number of carbonyl (C=O) groups excluding carboxylic acids is 3. The van der Waals surface area contributed by atoms with Crippen LogP contribution in [0.2, 0.25) is 0 Å². The monoisotopic (exact) mass is 364 g/mol. The van der Waals surface area contributed by atoms with Crippen LogP contribution in [0.1, 0.15) is 46.2 Å². The maximum absolute atomic E-state index is 12.9. The Hall–Kier alpha value is -3.15. The molecule has 1 fully saturated rings. The molecule has 0 aromatic heterocycles. The number of hydrogen-bond acceptors (Lipinski definition) is 4. The lowest BCUT2D eigenvalue weighted by atomic mass is 9.85. The first-order valence-corrected chi connectivity index (χ1v) is 8.88. The molecule has 2 aliphatic rings. The van der Waals surface area contributed by atoms with E-state index in [0.29, 0.717) is 16.9 Å². The average molecular weight is 364 g/mol. The Bertz CT molecular complexity index is 900. The normalized spacial score (nSPS) is 21.6. The largest absolute Gasteiger partial charge is 0.497 e. The fourth-order valence-electron chi connectivity index (χ4n) is 3.93. The Labute approximate surface area is 157 Å². The topological polar surface area (TPSA) is 66.9 Å². The number of amides is 3. The van der Waals surface area contributed by atoms with Crippen molar-refractivity contribution < 1.29 is 19.1 Å². The standard InChI is InChI=1S/C21H20N2O4/c1-12(2)22-17(13-8-10-14(27-3)11-9-13)18(21(22)26)23-19(24)15-6-4-5-7-16(15)20(23)25/h4-12,17-18H,1-3H3/t17-,18+/m0/s1. The SMILES string of the molecule is COc1ccc([C@H]2[C@@H](N3C(=O)c4ccccc4C3=O)C(=O)N2C(C)C)cc1. The zero-order chi connectivity index (χ0) is 19.3. The minimum absolute atomic E-state index is 0.0453. The molecule has 0 N–H and O–H groups in total. The van der Waals surface area contributed by atoms with Crippen LogP contribution in [0.15, 0.2) is 48.5 Å². The molecule has 4 rings (SSSR count). The van der Waals surface area contributed by atoms with Gasteiger partial charge in [0.25, 0.3) is 11.8 Å². The molecule has 3 amide bonds. The Morgan fingerprint density at radius 3 is 1.89 bits per heavy atom. The van der Waals surface area contributed by atoms with Crippen molar-refractivity contribution in [2.45, 2.75) is 32.0 Å². The van der Waals surface area contributed by atoms with E-state index in [9.17, 15) is 14.4 Å². The Morgan fingerprint density at radius 2 is 1.41 bits per heavy atom. The van der Waals surface area contributed by atoms with Gasteiger partial charge in [-0.3, -0.25) is 19.3 Å². The molecule has 27 heavy (non-hydrogen) atoms. The second-order valence-electron chi connectivity index (χ2n) is 7.03. The number of rotatable bonds is 4. The van der Waals surface area contributed by atoms with Crippen LogP contribution in [0.3, 0.4) is 0 Å². The van der Waals surface area contributed by atoms with E-state index >= 15 is 0 Å². The third kappa shape index (κ3) is 2.44. The molecule has 138 valence electrons. The highest BCUT2D eigenvalue weighted by Gasteiger charge is 2.57. The lowest BCUT2D eigenvalue weighted by molar-refractivity contribution is -0.159. The Morgan fingerprint density at radius 1 is 0.852 bits per heavy atom. The minimum Gasteiger partial charge on any atom is -0.497 e. The van der Waals surface area contributed by atoms with Gasteiger partial charge in [-0.05, 0) is 43.7 Å². The van der Waals surface area contributed by atoms with Crippen LogP contribution in [0, 0.1) is 0 Å². The molecule has 1 saturated heterocycles. The van der Waals surface area contributed by atoms with Gasteiger partial charge in [0.2, 0.25) is 5.91 Å². The van der Waals surface area contributed by atoms with E-state index in [0.717, 1.165) is 10.5 Å². The van der Waals surface area contributed by atoms with Crippen molar-refractivity contribution in [3.8, 4) is 5.75 Å². The highest BCUT2D eigenvalue weighted by Crippen LogP contribution is 2.42. The predicted molar refractivity (Wildman–Crippen MR) is 98.4 cm³/mol. The number of fused-ring (bicyclic) bond motifs is 1. The first-order chi connectivity index (χ1) is 13.0. The Balaban J connectivity index is 1.74. The van der Waals surface area contributed by atoms with E-state index in [2.05, 4.69) is 0 Å². The summed E-state index contributed by atoms with van der Waals surface area (Å²) in [5.74, 6) is -0.315. The van der Waals surface area contributed by atoms with Crippen molar-refractivity contribution in [3.63, 3.8) is 0 Å². The Kier molecular flexibility index (Phi) is 3.98. The van der Waals surface area contributed by atoms with Crippen molar-refractivity contribution in [3.05, 3.63) is 65.2 Å². The van der Waals surface area contributed by atoms with Crippen LogP contribution in [0.5, 0.6) is 5.75 Å². The summed E-state index contributed by atoms with van der Waals surface area (Å²) in [4.78, 5) is 41.4. The van der Waals surface area contributed by atoms with Crippen LogP contribution in [-0.4, -0.2) is 46.7 Å². The number of hydrogen-bond donors (Lipinski definition) is 0. The molecule has 6 heteroatoms. The summed E-state index contributed by atoms with van der Waals surface area (Å²) in [6, 6.07) is 12.8. The van der Waals surface area contributed by atoms with Crippen molar-refractivity contribution in [2.75, 3.05) is 7.11 Å². The van der Waals surface area contributed by atoms with E-state index in [1.807, 2.05) is 38.1 Å². The van der Waals surface area contributed by atoms with Gasteiger partial charge in [0.1, 0.15) is 11.8 Å². The van der Waals surface area contributed by atoms with Gasteiger partial charge in [-0.1, -0.05) is 24.3 Å². The molecule has 0 bridgehead atoms. The number of imide groups is 1. The number of benzene rings is 2. The summed E-state index contributed by atoms with van der Waals surface area (Å²) in [6.07, 6.45) is 0. The molecular weight excluding hydrogens is 344 g/mol. The van der Waals surface area contributed by atoms with Gasteiger partial charge >= 0.3 is 0 Å². The zero-order valence-corrected chi connectivity index (χ0v) is 15.4. The summed E-state index contributed by atoms with van der Waals surface area (Å²) in [5, 5.41) is 0. The van der Waals surface area contributed by atoms with E-state index in [1.54, 1.807) is 36.3 Å². The van der Waals surface area contributed by atoms with Gasteiger partial charge in [0, 0.05) is 6.04 Å². The minimum atomic E-state index is -0.826. The smallest absolute Gasteiger partial charge is 0.262 e. The first-order valence-electron chi connectivity index (χ1n) is 8.88. The van der Waals surface area contributed by atoms with Crippen LogP contribution in [0.25, 0.3) is 0 Å². The lowest BCUT2D eigenvalue weighted by Gasteiger charge is -2.52. The summed E-state index contributed by atoms with van der Waals surface area (Å²) in [6.45, 7) is 3.85. The zero-order valence-electron chi connectivity index (χ0n) is 15.4. The van der Waals surface area contributed by atoms with E-state index in [-0.39, 0.29) is 18.0 Å². The molecule has 2 aromatic rings. The number of nitrogens with zero attached hydrogens (tertiary/aromatic N) is 2. The molecule has 2 atom stereocenters. The van der Waals surface area contributed by atoms with E-state index in [1.165, 1.54) is 0 Å². The molecule has 6 nitrogen and oxygen atoms in total. The fourth-order valence-corrected chi connectivity index (χ4v) is 3.93. The quantitative estimate of drug-likeness (QED) is 0.618. The number of carbonyl (C=O) groups is 3. The summed E-state index contributed by atoms with van der Waals surface area (Å²) >= 11 is 0. The summed E-state index contributed by atoms with van der Waals surface area (Å²) in [5.41, 5.74) is 1.57. The molecule has 2 aromatic carbocycles. The lowest BCUT2D eigenvalue weighted by Crippen LogP contribution is -2.68. The maximum atomic E-state index is 12.9. The third-order valence-corrected chi connectivity index (χ3v) is 5.22. The second-order valence-corrected chi connectivity index (χ2v) is 7.03. The predicted octanol–water partition coefficient (Wildman–Crippen LogP) is 2.65. The number of methoxy groups -OCH3 is 1. The van der Waals surface area contributed by atoms with Crippen LogP contribution < -0.4 is 4.74 Å². The third-order valence-electron chi connectivity index (χ3n) is 5.22. The average Bonchev–Trinajstić information content (AvgIpc) is 2.91. The first kappa shape index (κ1) is 17.3. The molecule has 0 saturated carbocycles. The van der Waals surface area contributed by atoms with Crippen LogP contribution in [0.4, 0.5) is 0 Å². The van der Waals surface area contributed by atoms with Gasteiger partial charge in [-0.15, -0.1) is 0 Å². The second kappa shape index (κ2) is 6.23. The molecule has 0 aliphatic carbocycles. The molecular formula is C21H20N2O4. The molecule has 0 spiro atoms. The highest BCUT2D eigenvalue weighted by molar-refractivity contribution is 6.23. The van der Waals surface area contributed by atoms with E-state index < -0.39 is 17.9 Å². The summed E-state index contributed by atoms with van der Waals surface area (Å²) < 4.78 is 5.20. The van der Waals surface area contributed by atoms with Crippen molar-refractivity contribution in [1.29, 1.82) is 0 Å². The maximum Gasteiger partial charge on any atom is 0.262 e. The van der Waals surface area contributed by atoms with Crippen molar-refractivity contribution in [2.24, 2.45) is 0 Å². The van der Waals surface area contributed by atoms with Crippen molar-refractivity contribution >= 4 is 17.7 Å². The van der Waals surface area contributed by atoms with E-state index in [4.69, 9.17) is 4.74 Å². The van der Waals surface area contributed by atoms with Gasteiger partial charge in [0.15, 0.2) is 0 Å². The van der Waals surface area contributed by atoms with Gasteiger partial charge < -0.3 is 9.64 Å². The number of β-lactam (4-membered cyclic amide) rings is 1. The summed E-state index contributed by atoms with van der Waals surface area (Å²) in [7, 11) is 1.59. The molecule has 0 unspecified atom stereocenters. The molecule has 2 heterocycles. The van der Waals surface area contributed by atoms with Crippen LogP contribution in [-0.2, 0) is 4.79 Å². The molecule has 2 aliphatic heterocycles.